The van der Waals surface area contributed by atoms with Gasteiger partial charge in [-0.25, -0.2) is 0 Å². The van der Waals surface area contributed by atoms with Crippen LogP contribution in [0.25, 0.3) is 98.7 Å². The first-order chi connectivity index (χ1) is 27.0. The number of hydrogen-bond donors (Lipinski definition) is 0. The van der Waals surface area contributed by atoms with Gasteiger partial charge in [-0.15, -0.1) is 0 Å². The first-order valence-electron chi connectivity index (χ1n) is 19.3. The van der Waals surface area contributed by atoms with Crippen LogP contribution in [0.3, 0.4) is 0 Å². The number of hydrogen-bond acceptors (Lipinski definition) is 0. The minimum absolute atomic E-state index is 0.0708. The van der Waals surface area contributed by atoms with Gasteiger partial charge in [-0.1, -0.05) is 196 Å². The lowest BCUT2D eigenvalue weighted by atomic mass is 9.81. The molecule has 1 aliphatic carbocycles. The zero-order valence-electron chi connectivity index (χ0n) is 31.0. The summed E-state index contributed by atoms with van der Waals surface area (Å²) < 4.78 is 0. The smallest absolute Gasteiger partial charge is 0.0159 e. The minimum Gasteiger partial charge on any atom is -0.0616 e. The number of rotatable bonds is 4. The predicted octanol–water partition coefficient (Wildman–Crippen LogP) is 15.3. The summed E-state index contributed by atoms with van der Waals surface area (Å²) in [5.74, 6) is 0. The lowest BCUT2D eigenvalue weighted by Crippen LogP contribution is -2.15. The maximum Gasteiger partial charge on any atom is 0.0159 e. The lowest BCUT2D eigenvalue weighted by molar-refractivity contribution is 0.661. The first kappa shape index (κ1) is 31.7. The summed E-state index contributed by atoms with van der Waals surface area (Å²) in [4.78, 5) is 0. The normalized spacial score (nSPS) is 13.1. The lowest BCUT2D eigenvalue weighted by Gasteiger charge is -2.22. The highest BCUT2D eigenvalue weighted by Gasteiger charge is 2.36. The molecule has 0 amide bonds. The second-order valence-corrected chi connectivity index (χ2v) is 15.6. The predicted molar refractivity (Wildman–Crippen MR) is 236 cm³/mol. The second kappa shape index (κ2) is 12.1. The largest absolute Gasteiger partial charge is 0.0616 e. The molecule has 0 saturated carbocycles. The Morgan fingerprint density at radius 1 is 0.273 bits per heavy atom. The Morgan fingerprint density at radius 3 is 1.47 bits per heavy atom. The molecule has 0 heterocycles. The summed E-state index contributed by atoms with van der Waals surface area (Å²) >= 11 is 0. The molecule has 0 fully saturated rings. The van der Waals surface area contributed by atoms with E-state index < -0.39 is 0 Å². The highest BCUT2D eigenvalue weighted by atomic mass is 14.4. The van der Waals surface area contributed by atoms with E-state index >= 15 is 0 Å². The van der Waals surface area contributed by atoms with Crippen LogP contribution in [-0.4, -0.2) is 0 Å². The van der Waals surface area contributed by atoms with Crippen molar-refractivity contribution in [2.24, 2.45) is 0 Å². The Bertz CT molecular complexity index is 3100. The Labute approximate surface area is 322 Å². The van der Waals surface area contributed by atoms with E-state index in [0.29, 0.717) is 0 Å². The average Bonchev–Trinajstić information content (AvgIpc) is 3.48. The topological polar surface area (TPSA) is 0 Å². The van der Waals surface area contributed by atoms with Gasteiger partial charge in [0.1, 0.15) is 0 Å². The molecule has 0 nitrogen and oxygen atoms in total. The molecule has 0 saturated heterocycles. The van der Waals surface area contributed by atoms with Crippen LogP contribution >= 0.6 is 0 Å². The third kappa shape index (κ3) is 4.85. The molecule has 0 N–H and O–H groups in total. The van der Waals surface area contributed by atoms with Crippen molar-refractivity contribution < 1.29 is 0 Å². The molecule has 0 aliphatic heterocycles. The SMILES string of the molecule is CC1(C)c2cc(-c3ccc(-c4c5ccccc5c(-c5cccc(-c6cccc7ccccc67)c5)c5ccccc45)cc3)ccc2-c2c1ccc1ccccc21. The number of fused-ring (bicyclic) bond motifs is 8. The quantitative estimate of drug-likeness (QED) is 0.161. The van der Waals surface area contributed by atoms with Gasteiger partial charge in [0.15, 0.2) is 0 Å². The van der Waals surface area contributed by atoms with Crippen LogP contribution in [0.4, 0.5) is 0 Å². The van der Waals surface area contributed by atoms with Crippen LogP contribution < -0.4 is 0 Å². The molecule has 1 aliphatic rings. The van der Waals surface area contributed by atoms with Gasteiger partial charge < -0.3 is 0 Å². The van der Waals surface area contributed by atoms with Crippen LogP contribution in [0.15, 0.2) is 194 Å². The van der Waals surface area contributed by atoms with Crippen molar-refractivity contribution in [3.05, 3.63) is 205 Å². The van der Waals surface area contributed by atoms with Crippen molar-refractivity contribution in [3.63, 3.8) is 0 Å². The fraction of sp³-hybridized carbons (Fsp3) is 0.0545. The van der Waals surface area contributed by atoms with Gasteiger partial charge in [-0.3, -0.25) is 0 Å². The van der Waals surface area contributed by atoms with Gasteiger partial charge in [0.2, 0.25) is 0 Å². The van der Waals surface area contributed by atoms with Crippen molar-refractivity contribution in [1.29, 1.82) is 0 Å². The van der Waals surface area contributed by atoms with E-state index in [2.05, 4.69) is 208 Å². The molecule has 0 atom stereocenters. The summed E-state index contributed by atoms with van der Waals surface area (Å²) in [6.45, 7) is 4.75. The standard InChI is InChI=1S/C55H38/c1-55(2)50-32-30-37-14-4-6-19-44(37)54(50)49-31-29-39(34-51(49)55)35-25-27-38(28-26-35)52-45-20-7-9-22-47(45)53(48-23-10-8-21-46(48)52)41-17-11-16-40(33-41)43-24-12-15-36-13-3-5-18-42(36)43/h3-34H,1-2H3. The summed E-state index contributed by atoms with van der Waals surface area (Å²) in [6.07, 6.45) is 0. The Morgan fingerprint density at radius 2 is 0.782 bits per heavy atom. The molecule has 0 bridgehead atoms. The second-order valence-electron chi connectivity index (χ2n) is 15.6. The molecule has 0 unspecified atom stereocenters. The molecule has 0 radical (unpaired) electrons. The maximum absolute atomic E-state index is 2.44. The van der Waals surface area contributed by atoms with Gasteiger partial charge in [0.25, 0.3) is 0 Å². The van der Waals surface area contributed by atoms with Crippen molar-refractivity contribution in [3.8, 4) is 55.6 Å². The van der Waals surface area contributed by atoms with E-state index in [-0.39, 0.29) is 5.41 Å². The zero-order valence-corrected chi connectivity index (χ0v) is 31.0. The van der Waals surface area contributed by atoms with Gasteiger partial charge >= 0.3 is 0 Å². The summed E-state index contributed by atoms with van der Waals surface area (Å²) in [5, 5.41) is 10.2. The third-order valence-electron chi connectivity index (χ3n) is 12.3. The van der Waals surface area contributed by atoms with Crippen LogP contribution in [-0.2, 0) is 5.41 Å². The van der Waals surface area contributed by atoms with Crippen molar-refractivity contribution >= 4 is 43.1 Å². The van der Waals surface area contributed by atoms with E-state index in [1.54, 1.807) is 0 Å². The van der Waals surface area contributed by atoms with E-state index in [1.165, 1.54) is 110 Å². The van der Waals surface area contributed by atoms with Gasteiger partial charge in [-0.2, -0.15) is 0 Å². The monoisotopic (exact) mass is 698 g/mol. The maximum atomic E-state index is 2.44. The molecular weight excluding hydrogens is 661 g/mol. The molecule has 10 aromatic carbocycles. The molecule has 0 aromatic heterocycles. The van der Waals surface area contributed by atoms with Gasteiger partial charge in [-0.05, 0) is 122 Å². The molecule has 0 spiro atoms. The third-order valence-corrected chi connectivity index (χ3v) is 12.3. The fourth-order valence-corrected chi connectivity index (χ4v) is 9.59. The van der Waals surface area contributed by atoms with Crippen LogP contribution in [0.5, 0.6) is 0 Å². The Kier molecular flexibility index (Phi) is 7.00. The molecule has 0 heteroatoms. The highest BCUT2D eigenvalue weighted by molar-refractivity contribution is 6.21. The molecule has 258 valence electrons. The van der Waals surface area contributed by atoms with Crippen molar-refractivity contribution in [2.45, 2.75) is 19.3 Å². The average molecular weight is 699 g/mol. The van der Waals surface area contributed by atoms with Crippen LogP contribution in [0.2, 0.25) is 0 Å². The minimum atomic E-state index is -0.0708. The molecule has 11 rings (SSSR count). The van der Waals surface area contributed by atoms with E-state index in [4.69, 9.17) is 0 Å². The van der Waals surface area contributed by atoms with E-state index in [0.717, 1.165) is 0 Å². The van der Waals surface area contributed by atoms with Gasteiger partial charge in [0.05, 0.1) is 0 Å². The van der Waals surface area contributed by atoms with Gasteiger partial charge in [0, 0.05) is 5.41 Å². The fourth-order valence-electron chi connectivity index (χ4n) is 9.59. The molecule has 10 aromatic rings. The number of benzene rings is 10. The highest BCUT2D eigenvalue weighted by Crippen LogP contribution is 2.52. The van der Waals surface area contributed by atoms with E-state index in [9.17, 15) is 0 Å². The first-order valence-corrected chi connectivity index (χ1v) is 19.3. The van der Waals surface area contributed by atoms with Crippen molar-refractivity contribution in [2.75, 3.05) is 0 Å². The molecular formula is C55H38. The summed E-state index contributed by atoms with van der Waals surface area (Å²) in [6, 6.07) is 72.1. The summed E-state index contributed by atoms with van der Waals surface area (Å²) in [5.41, 5.74) is 15.5. The molecule has 55 heavy (non-hydrogen) atoms. The Hall–Kier alpha value is -6.76. The zero-order chi connectivity index (χ0) is 36.7. The van der Waals surface area contributed by atoms with Crippen LogP contribution in [0.1, 0.15) is 25.0 Å². The van der Waals surface area contributed by atoms with E-state index in [1.807, 2.05) is 0 Å². The van der Waals surface area contributed by atoms with Crippen molar-refractivity contribution in [1.82, 2.24) is 0 Å². The van der Waals surface area contributed by atoms with Crippen LogP contribution in [0, 0.1) is 0 Å². The Balaban J connectivity index is 1.03. The summed E-state index contributed by atoms with van der Waals surface area (Å²) in [7, 11) is 0.